The van der Waals surface area contributed by atoms with E-state index >= 15 is 0 Å². The SMILES string of the molecule is CNC1(CCN(C)C(C)C(C)(C)C)CCCCC1. The van der Waals surface area contributed by atoms with Gasteiger partial charge in [0.2, 0.25) is 0 Å². The Bertz CT molecular complexity index is 236. The minimum atomic E-state index is 0.369. The van der Waals surface area contributed by atoms with Crippen molar-refractivity contribution < 1.29 is 0 Å². The summed E-state index contributed by atoms with van der Waals surface area (Å²) in [7, 11) is 4.43. The molecule has 0 aliphatic heterocycles. The Kier molecular flexibility index (Phi) is 5.67. The van der Waals surface area contributed by atoms with Crippen molar-refractivity contribution in [1.82, 2.24) is 10.2 Å². The van der Waals surface area contributed by atoms with Gasteiger partial charge in [-0.1, -0.05) is 40.0 Å². The molecule has 18 heavy (non-hydrogen) atoms. The first kappa shape index (κ1) is 16.0. The lowest BCUT2D eigenvalue weighted by Gasteiger charge is -2.41. The first-order valence-corrected chi connectivity index (χ1v) is 7.70. The molecule has 2 nitrogen and oxygen atoms in total. The van der Waals surface area contributed by atoms with Gasteiger partial charge in [-0.2, -0.15) is 0 Å². The maximum absolute atomic E-state index is 3.62. The minimum Gasteiger partial charge on any atom is -0.314 e. The van der Waals surface area contributed by atoms with Crippen LogP contribution in [-0.4, -0.2) is 37.1 Å². The van der Waals surface area contributed by atoms with Crippen LogP contribution in [0.3, 0.4) is 0 Å². The molecule has 1 rings (SSSR count). The Labute approximate surface area is 115 Å². The second kappa shape index (κ2) is 6.38. The summed E-state index contributed by atoms with van der Waals surface area (Å²) >= 11 is 0. The van der Waals surface area contributed by atoms with Gasteiger partial charge in [-0.25, -0.2) is 0 Å². The van der Waals surface area contributed by atoms with E-state index in [2.05, 4.69) is 52.0 Å². The van der Waals surface area contributed by atoms with Gasteiger partial charge in [-0.05, 0) is 52.2 Å². The summed E-state index contributed by atoms with van der Waals surface area (Å²) in [6.07, 6.45) is 8.25. The summed E-state index contributed by atoms with van der Waals surface area (Å²) in [4.78, 5) is 2.54. The average Bonchev–Trinajstić information content (AvgIpc) is 2.35. The molecule has 1 saturated carbocycles. The van der Waals surface area contributed by atoms with Crippen LogP contribution < -0.4 is 5.32 Å². The van der Waals surface area contributed by atoms with Gasteiger partial charge in [-0.3, -0.25) is 0 Å². The molecule has 0 heterocycles. The summed E-state index contributed by atoms with van der Waals surface area (Å²) in [5.74, 6) is 0. The molecule has 1 N–H and O–H groups in total. The molecule has 2 heteroatoms. The molecule has 1 unspecified atom stereocenters. The number of nitrogens with one attached hydrogen (secondary N) is 1. The minimum absolute atomic E-state index is 0.369. The van der Waals surface area contributed by atoms with E-state index in [9.17, 15) is 0 Å². The van der Waals surface area contributed by atoms with Crippen LogP contribution in [-0.2, 0) is 0 Å². The van der Waals surface area contributed by atoms with E-state index in [1.165, 1.54) is 45.1 Å². The van der Waals surface area contributed by atoms with Crippen LogP contribution >= 0.6 is 0 Å². The fourth-order valence-corrected chi connectivity index (χ4v) is 3.10. The van der Waals surface area contributed by atoms with E-state index in [4.69, 9.17) is 0 Å². The Hall–Kier alpha value is -0.0800. The lowest BCUT2D eigenvalue weighted by atomic mass is 9.79. The second-order valence-electron chi connectivity index (χ2n) is 7.36. The highest BCUT2D eigenvalue weighted by Crippen LogP contribution is 2.31. The molecule has 0 aromatic rings. The van der Waals surface area contributed by atoms with Crippen LogP contribution in [0.5, 0.6) is 0 Å². The predicted molar refractivity (Wildman–Crippen MR) is 81.0 cm³/mol. The molecule has 0 radical (unpaired) electrons. The van der Waals surface area contributed by atoms with Crippen molar-refractivity contribution in [2.75, 3.05) is 20.6 Å². The van der Waals surface area contributed by atoms with E-state index in [1.54, 1.807) is 0 Å². The van der Waals surface area contributed by atoms with Crippen LogP contribution in [0.25, 0.3) is 0 Å². The third-order valence-electron chi connectivity index (χ3n) is 5.20. The molecular weight excluding hydrogens is 220 g/mol. The summed E-state index contributed by atoms with van der Waals surface area (Å²) in [5, 5.41) is 3.62. The lowest BCUT2D eigenvalue weighted by molar-refractivity contribution is 0.117. The molecule has 0 amide bonds. The summed E-state index contributed by atoms with van der Waals surface area (Å²) in [5.41, 5.74) is 0.790. The zero-order chi connectivity index (χ0) is 13.8. The van der Waals surface area contributed by atoms with Crippen LogP contribution in [0.4, 0.5) is 0 Å². The van der Waals surface area contributed by atoms with Crippen LogP contribution in [0.2, 0.25) is 0 Å². The standard InChI is InChI=1S/C16H34N2/c1-14(15(2,3)4)18(6)13-12-16(17-5)10-8-7-9-11-16/h14,17H,7-13H2,1-6H3. The molecule has 0 aromatic heterocycles. The highest BCUT2D eigenvalue weighted by Gasteiger charge is 2.31. The zero-order valence-electron chi connectivity index (χ0n) is 13.5. The molecule has 1 aliphatic carbocycles. The molecular formula is C16H34N2. The highest BCUT2D eigenvalue weighted by atomic mass is 15.1. The van der Waals surface area contributed by atoms with Crippen molar-refractivity contribution in [2.24, 2.45) is 5.41 Å². The van der Waals surface area contributed by atoms with Crippen LogP contribution in [0.15, 0.2) is 0 Å². The van der Waals surface area contributed by atoms with E-state index in [1.807, 2.05) is 0 Å². The van der Waals surface area contributed by atoms with E-state index in [0.29, 0.717) is 17.0 Å². The molecule has 0 bridgehead atoms. The van der Waals surface area contributed by atoms with Crippen LogP contribution in [0.1, 0.15) is 66.2 Å². The Morgan fingerprint density at radius 1 is 1.17 bits per heavy atom. The Balaban J connectivity index is 2.47. The summed E-state index contributed by atoms with van der Waals surface area (Å²) in [6.45, 7) is 10.6. The average molecular weight is 254 g/mol. The molecule has 1 aliphatic rings. The van der Waals surface area contributed by atoms with E-state index < -0.39 is 0 Å². The van der Waals surface area contributed by atoms with E-state index in [-0.39, 0.29) is 0 Å². The van der Waals surface area contributed by atoms with Gasteiger partial charge >= 0.3 is 0 Å². The van der Waals surface area contributed by atoms with Crippen LogP contribution in [0, 0.1) is 5.41 Å². The van der Waals surface area contributed by atoms with Crippen molar-refractivity contribution in [3.8, 4) is 0 Å². The van der Waals surface area contributed by atoms with Crippen molar-refractivity contribution >= 4 is 0 Å². The molecule has 108 valence electrons. The van der Waals surface area contributed by atoms with Gasteiger partial charge < -0.3 is 10.2 Å². The smallest absolute Gasteiger partial charge is 0.0190 e. The normalized spacial score (nSPS) is 22.2. The first-order chi connectivity index (χ1) is 8.31. The zero-order valence-corrected chi connectivity index (χ0v) is 13.5. The molecule has 0 aromatic carbocycles. The lowest BCUT2D eigenvalue weighted by Crippen LogP contribution is -2.48. The molecule has 0 saturated heterocycles. The van der Waals surface area contributed by atoms with Gasteiger partial charge in [0.05, 0.1) is 0 Å². The van der Waals surface area contributed by atoms with E-state index in [0.717, 1.165) is 0 Å². The Morgan fingerprint density at radius 3 is 2.17 bits per heavy atom. The first-order valence-electron chi connectivity index (χ1n) is 7.70. The molecule has 0 spiro atoms. The number of rotatable bonds is 5. The third kappa shape index (κ3) is 4.24. The fourth-order valence-electron chi connectivity index (χ4n) is 3.10. The topological polar surface area (TPSA) is 15.3 Å². The van der Waals surface area contributed by atoms with Crippen molar-refractivity contribution in [3.63, 3.8) is 0 Å². The summed E-state index contributed by atoms with van der Waals surface area (Å²) in [6, 6.07) is 0.634. The van der Waals surface area contributed by atoms with Crippen molar-refractivity contribution in [1.29, 1.82) is 0 Å². The Morgan fingerprint density at radius 2 is 1.72 bits per heavy atom. The van der Waals surface area contributed by atoms with Gasteiger partial charge in [0, 0.05) is 11.6 Å². The number of hydrogen-bond donors (Lipinski definition) is 1. The fraction of sp³-hybridized carbons (Fsp3) is 1.00. The van der Waals surface area contributed by atoms with Gasteiger partial charge in [0.15, 0.2) is 0 Å². The largest absolute Gasteiger partial charge is 0.314 e. The third-order valence-corrected chi connectivity index (χ3v) is 5.20. The highest BCUT2D eigenvalue weighted by molar-refractivity contribution is 4.91. The summed E-state index contributed by atoms with van der Waals surface area (Å²) < 4.78 is 0. The maximum atomic E-state index is 3.62. The van der Waals surface area contributed by atoms with Gasteiger partial charge in [-0.15, -0.1) is 0 Å². The van der Waals surface area contributed by atoms with Gasteiger partial charge in [0.1, 0.15) is 0 Å². The molecule has 1 fully saturated rings. The van der Waals surface area contributed by atoms with Crippen molar-refractivity contribution in [3.05, 3.63) is 0 Å². The quantitative estimate of drug-likeness (QED) is 0.805. The second-order valence-corrected chi connectivity index (χ2v) is 7.36. The number of hydrogen-bond acceptors (Lipinski definition) is 2. The monoisotopic (exact) mass is 254 g/mol. The van der Waals surface area contributed by atoms with Gasteiger partial charge in [0.25, 0.3) is 0 Å². The maximum Gasteiger partial charge on any atom is 0.0190 e. The molecule has 1 atom stereocenters. The predicted octanol–water partition coefficient (Wildman–Crippen LogP) is 3.67. The number of nitrogens with zero attached hydrogens (tertiary/aromatic N) is 1. The van der Waals surface area contributed by atoms with Crippen molar-refractivity contribution in [2.45, 2.75) is 77.8 Å².